The summed E-state index contributed by atoms with van der Waals surface area (Å²) in [7, 11) is 0. The highest BCUT2D eigenvalue weighted by atomic mass is 16.6. The van der Waals surface area contributed by atoms with Crippen LogP contribution in [0, 0.1) is 0 Å². The van der Waals surface area contributed by atoms with Crippen LogP contribution in [0.25, 0.3) is 0 Å². The molecular formula is C20H24N2O4. The van der Waals surface area contributed by atoms with Gasteiger partial charge in [0.1, 0.15) is 0 Å². The maximum absolute atomic E-state index is 11.9. The van der Waals surface area contributed by atoms with E-state index in [9.17, 15) is 9.59 Å². The molecule has 6 heteroatoms. The van der Waals surface area contributed by atoms with Gasteiger partial charge in [-0.1, -0.05) is 39.5 Å². The lowest BCUT2D eigenvalue weighted by Crippen LogP contribution is -2.15. The van der Waals surface area contributed by atoms with Crippen LogP contribution in [0.5, 0.6) is 0 Å². The third-order valence-corrected chi connectivity index (χ3v) is 4.53. The van der Waals surface area contributed by atoms with Gasteiger partial charge in [0.2, 0.25) is 11.8 Å². The molecule has 0 spiro atoms. The number of nitrogens with zero attached hydrogens (tertiary/aromatic N) is 2. The second-order valence-corrected chi connectivity index (χ2v) is 6.60. The quantitative estimate of drug-likeness (QED) is 0.669. The fraction of sp³-hybridized carbons (Fsp3) is 0.500. The summed E-state index contributed by atoms with van der Waals surface area (Å²) in [4.78, 5) is 32.6. The van der Waals surface area contributed by atoms with Crippen molar-refractivity contribution in [3.63, 3.8) is 0 Å². The van der Waals surface area contributed by atoms with Crippen LogP contribution in [-0.2, 0) is 19.1 Å². The number of ether oxygens (including phenoxy) is 2. The summed E-state index contributed by atoms with van der Waals surface area (Å²) < 4.78 is 10.6. The lowest BCUT2D eigenvalue weighted by atomic mass is 10.1. The van der Waals surface area contributed by atoms with Crippen LogP contribution < -0.4 is 0 Å². The summed E-state index contributed by atoms with van der Waals surface area (Å²) in [6.45, 7) is 4.16. The predicted molar refractivity (Wildman–Crippen MR) is 98.3 cm³/mol. The van der Waals surface area contributed by atoms with E-state index in [0.29, 0.717) is 24.6 Å². The molecule has 2 unspecified atom stereocenters. The van der Waals surface area contributed by atoms with Crippen LogP contribution in [0.2, 0.25) is 0 Å². The molecule has 1 aromatic carbocycles. The van der Waals surface area contributed by atoms with Crippen LogP contribution >= 0.6 is 0 Å². The van der Waals surface area contributed by atoms with Crippen molar-refractivity contribution in [3.8, 4) is 0 Å². The molecule has 0 saturated heterocycles. The summed E-state index contributed by atoms with van der Waals surface area (Å²) in [5, 5.41) is 0. The van der Waals surface area contributed by atoms with Crippen molar-refractivity contribution in [2.45, 2.75) is 64.5 Å². The minimum absolute atomic E-state index is 0.287. The predicted octanol–water partition coefficient (Wildman–Crippen LogP) is 3.41. The normalized spacial score (nSPS) is 22.1. The Labute approximate surface area is 153 Å². The number of carbonyl (C=O) groups excluding carboxylic acids is 2. The monoisotopic (exact) mass is 356 g/mol. The first-order chi connectivity index (χ1) is 12.6. The molecule has 0 bridgehead atoms. The molecule has 138 valence electrons. The van der Waals surface area contributed by atoms with Gasteiger partial charge in [0, 0.05) is 11.1 Å². The average molecular weight is 356 g/mol. The second-order valence-electron chi connectivity index (χ2n) is 6.60. The van der Waals surface area contributed by atoms with E-state index in [4.69, 9.17) is 9.47 Å². The Kier molecular flexibility index (Phi) is 5.81. The molecule has 2 aliphatic heterocycles. The molecule has 0 radical (unpaired) electrons. The first-order valence-corrected chi connectivity index (χ1v) is 9.32. The standard InChI is InChI=1S/C20H24N2O4/c1-3-5-7-15-19(23)25-17(21-15)13-9-11-14(12-10-13)18-22-16(8-6-4-2)20(24)26-18/h9-12,15-16H,3-8H2,1-2H3. The van der Waals surface area contributed by atoms with Crippen LogP contribution in [0.4, 0.5) is 0 Å². The Morgan fingerprint density at radius 2 is 1.15 bits per heavy atom. The van der Waals surface area contributed by atoms with Crippen molar-refractivity contribution in [2.24, 2.45) is 9.98 Å². The van der Waals surface area contributed by atoms with Crippen LogP contribution in [-0.4, -0.2) is 35.8 Å². The summed E-state index contributed by atoms with van der Waals surface area (Å²) in [5.41, 5.74) is 1.46. The Hall–Kier alpha value is -2.50. The highest BCUT2D eigenvalue weighted by Crippen LogP contribution is 2.21. The Morgan fingerprint density at radius 3 is 1.50 bits per heavy atom. The van der Waals surface area contributed by atoms with Gasteiger partial charge in [0.05, 0.1) is 0 Å². The van der Waals surface area contributed by atoms with E-state index >= 15 is 0 Å². The molecule has 6 nitrogen and oxygen atoms in total. The SMILES string of the molecule is CCCCC1N=C(c2ccc(C3=NC(CCCC)C(=O)O3)cc2)OC1=O. The smallest absolute Gasteiger partial charge is 0.337 e. The number of rotatable bonds is 8. The fourth-order valence-corrected chi connectivity index (χ4v) is 2.95. The van der Waals surface area contributed by atoms with Gasteiger partial charge in [-0.05, 0) is 37.1 Å². The molecule has 0 saturated carbocycles. The summed E-state index contributed by atoms with van der Waals surface area (Å²) in [6.07, 6.45) is 5.35. The molecule has 0 aromatic heterocycles. The molecule has 2 atom stereocenters. The topological polar surface area (TPSA) is 77.3 Å². The van der Waals surface area contributed by atoms with Gasteiger partial charge < -0.3 is 9.47 Å². The Morgan fingerprint density at radius 1 is 0.769 bits per heavy atom. The number of hydrogen-bond acceptors (Lipinski definition) is 6. The van der Waals surface area contributed by atoms with Crippen molar-refractivity contribution in [3.05, 3.63) is 35.4 Å². The number of unbranched alkanes of at least 4 members (excludes halogenated alkanes) is 2. The lowest BCUT2D eigenvalue weighted by molar-refractivity contribution is -0.136. The molecule has 0 aliphatic carbocycles. The maximum Gasteiger partial charge on any atom is 0.337 e. The van der Waals surface area contributed by atoms with E-state index in [1.54, 1.807) is 24.3 Å². The van der Waals surface area contributed by atoms with Crippen molar-refractivity contribution in [1.82, 2.24) is 0 Å². The molecule has 2 aliphatic rings. The number of benzene rings is 1. The van der Waals surface area contributed by atoms with Crippen LogP contribution in [0.1, 0.15) is 63.5 Å². The van der Waals surface area contributed by atoms with Crippen LogP contribution in [0.15, 0.2) is 34.3 Å². The van der Waals surface area contributed by atoms with E-state index in [2.05, 4.69) is 23.8 Å². The lowest BCUT2D eigenvalue weighted by Gasteiger charge is -2.03. The van der Waals surface area contributed by atoms with Gasteiger partial charge in [-0.25, -0.2) is 19.6 Å². The van der Waals surface area contributed by atoms with Crippen LogP contribution in [0.3, 0.4) is 0 Å². The van der Waals surface area contributed by atoms with Crippen molar-refractivity contribution >= 4 is 23.7 Å². The Bertz CT molecular complexity index is 674. The largest absolute Gasteiger partial charge is 0.406 e. The zero-order valence-corrected chi connectivity index (χ0v) is 15.2. The number of cyclic esters (lactones) is 2. The van der Waals surface area contributed by atoms with E-state index in [-0.39, 0.29) is 11.9 Å². The fourth-order valence-electron chi connectivity index (χ4n) is 2.95. The number of esters is 2. The summed E-state index contributed by atoms with van der Waals surface area (Å²) in [6, 6.07) is 6.42. The van der Waals surface area contributed by atoms with Gasteiger partial charge in [-0.3, -0.25) is 0 Å². The molecule has 1 aromatic rings. The third-order valence-electron chi connectivity index (χ3n) is 4.53. The summed E-state index contributed by atoms with van der Waals surface area (Å²) in [5.74, 6) is 0.137. The summed E-state index contributed by atoms with van der Waals surface area (Å²) >= 11 is 0. The zero-order chi connectivity index (χ0) is 18.5. The average Bonchev–Trinajstić information content (AvgIpc) is 3.21. The Balaban J connectivity index is 1.69. The number of hydrogen-bond donors (Lipinski definition) is 0. The molecule has 0 amide bonds. The maximum atomic E-state index is 11.9. The van der Waals surface area contributed by atoms with Crippen molar-refractivity contribution < 1.29 is 19.1 Å². The van der Waals surface area contributed by atoms with Gasteiger partial charge in [-0.15, -0.1) is 0 Å². The van der Waals surface area contributed by atoms with Crippen molar-refractivity contribution in [1.29, 1.82) is 0 Å². The van der Waals surface area contributed by atoms with Gasteiger partial charge in [-0.2, -0.15) is 0 Å². The van der Waals surface area contributed by atoms with E-state index in [1.165, 1.54) is 0 Å². The molecule has 26 heavy (non-hydrogen) atoms. The first-order valence-electron chi connectivity index (χ1n) is 9.32. The van der Waals surface area contributed by atoms with E-state index in [1.807, 2.05) is 0 Å². The first kappa shape index (κ1) is 18.3. The van der Waals surface area contributed by atoms with Gasteiger partial charge in [0.15, 0.2) is 12.1 Å². The molecular weight excluding hydrogens is 332 g/mol. The van der Waals surface area contributed by atoms with Gasteiger partial charge >= 0.3 is 11.9 Å². The minimum Gasteiger partial charge on any atom is -0.406 e. The van der Waals surface area contributed by atoms with Crippen molar-refractivity contribution in [2.75, 3.05) is 0 Å². The molecule has 0 N–H and O–H groups in total. The molecule has 0 fully saturated rings. The number of carbonyl (C=O) groups is 2. The van der Waals surface area contributed by atoms with Gasteiger partial charge in [0.25, 0.3) is 0 Å². The molecule has 2 heterocycles. The number of aliphatic imine (C=N–C) groups is 2. The second kappa shape index (κ2) is 8.25. The minimum atomic E-state index is -0.399. The zero-order valence-electron chi connectivity index (χ0n) is 15.2. The highest BCUT2D eigenvalue weighted by molar-refractivity contribution is 6.08. The van der Waals surface area contributed by atoms with E-state index in [0.717, 1.165) is 36.8 Å². The highest BCUT2D eigenvalue weighted by Gasteiger charge is 2.31. The third kappa shape index (κ3) is 4.00. The van der Waals surface area contributed by atoms with E-state index < -0.39 is 12.1 Å². The molecule has 3 rings (SSSR count).